The predicted octanol–water partition coefficient (Wildman–Crippen LogP) is 5.36. The Hall–Kier alpha value is -1.31. The third-order valence-corrected chi connectivity index (χ3v) is 3.06. The molecule has 0 fully saturated rings. The van der Waals surface area contributed by atoms with Gasteiger partial charge >= 0.3 is 5.97 Å². The molecule has 0 rings (SSSR count). The van der Waals surface area contributed by atoms with E-state index in [1.807, 2.05) is 12.2 Å². The molecule has 2 heteroatoms. The Labute approximate surface area is 124 Å². The molecule has 0 saturated heterocycles. The maximum absolute atomic E-state index is 10.5. The minimum Gasteiger partial charge on any atom is -0.466 e. The number of allylic oxidation sites excluding steroid dienone is 5. The molecule has 114 valence electrons. The minimum atomic E-state index is -0.168. The minimum absolute atomic E-state index is 0.168. The van der Waals surface area contributed by atoms with Crippen molar-refractivity contribution >= 4 is 5.97 Å². The Morgan fingerprint density at radius 1 is 0.900 bits per heavy atom. The molecule has 0 unspecified atom stereocenters. The monoisotopic (exact) mass is 278 g/mol. The van der Waals surface area contributed by atoms with E-state index < -0.39 is 0 Å². The highest BCUT2D eigenvalue weighted by Crippen LogP contribution is 2.10. The fraction of sp³-hybridized carbons (Fsp3) is 0.611. The van der Waals surface area contributed by atoms with Crippen molar-refractivity contribution in [3.63, 3.8) is 0 Å². The summed E-state index contributed by atoms with van der Waals surface area (Å²) >= 11 is 0. The quantitative estimate of drug-likeness (QED) is 0.257. The van der Waals surface area contributed by atoms with Crippen molar-refractivity contribution in [2.24, 2.45) is 0 Å². The average Bonchev–Trinajstić information content (AvgIpc) is 2.43. The van der Waals surface area contributed by atoms with Gasteiger partial charge in [-0.05, 0) is 19.3 Å². The molecule has 20 heavy (non-hydrogen) atoms. The average molecular weight is 278 g/mol. The zero-order chi connectivity index (χ0) is 14.9. The second-order valence-electron chi connectivity index (χ2n) is 5.01. The lowest BCUT2D eigenvalue weighted by Crippen LogP contribution is -2.00. The first kappa shape index (κ1) is 18.7. The highest BCUT2D eigenvalue weighted by molar-refractivity contribution is 5.65. The third-order valence-electron chi connectivity index (χ3n) is 3.06. The van der Waals surface area contributed by atoms with E-state index in [-0.39, 0.29) is 5.97 Å². The summed E-state index contributed by atoms with van der Waals surface area (Å²) in [4.78, 5) is 10.5. The summed E-state index contributed by atoms with van der Waals surface area (Å²) in [5, 5.41) is 0. The SMILES string of the molecule is C=CC=CC=CCCCCCCCCCCOC(C)=O. The van der Waals surface area contributed by atoms with Crippen LogP contribution < -0.4 is 0 Å². The molecular weight excluding hydrogens is 248 g/mol. The van der Waals surface area contributed by atoms with Crippen LogP contribution in [0, 0.1) is 0 Å². The number of hydrogen-bond donors (Lipinski definition) is 0. The van der Waals surface area contributed by atoms with Gasteiger partial charge in [0.1, 0.15) is 0 Å². The van der Waals surface area contributed by atoms with Gasteiger partial charge in [-0.25, -0.2) is 0 Å². The molecule has 0 atom stereocenters. The molecule has 0 aromatic carbocycles. The lowest BCUT2D eigenvalue weighted by Gasteiger charge is -2.02. The first-order chi connectivity index (χ1) is 9.77. The van der Waals surface area contributed by atoms with E-state index in [9.17, 15) is 4.79 Å². The van der Waals surface area contributed by atoms with Crippen LogP contribution >= 0.6 is 0 Å². The number of carbonyl (C=O) groups excluding carboxylic acids is 1. The number of hydrogen-bond acceptors (Lipinski definition) is 2. The fourth-order valence-electron chi connectivity index (χ4n) is 1.96. The Balaban J connectivity index is 3.09. The molecule has 0 aliphatic heterocycles. The molecule has 0 radical (unpaired) electrons. The van der Waals surface area contributed by atoms with Crippen molar-refractivity contribution in [1.82, 2.24) is 0 Å². The van der Waals surface area contributed by atoms with Crippen molar-refractivity contribution in [2.75, 3.05) is 6.61 Å². The smallest absolute Gasteiger partial charge is 0.302 e. The van der Waals surface area contributed by atoms with Crippen LogP contribution in [0.25, 0.3) is 0 Å². The number of carbonyl (C=O) groups is 1. The predicted molar refractivity (Wildman–Crippen MR) is 86.7 cm³/mol. The van der Waals surface area contributed by atoms with E-state index in [4.69, 9.17) is 4.74 Å². The lowest BCUT2D eigenvalue weighted by atomic mass is 10.1. The second-order valence-corrected chi connectivity index (χ2v) is 5.01. The molecule has 0 aromatic heterocycles. The summed E-state index contributed by atoms with van der Waals surface area (Å²) in [5.74, 6) is -0.168. The van der Waals surface area contributed by atoms with Crippen molar-refractivity contribution < 1.29 is 9.53 Å². The fourth-order valence-corrected chi connectivity index (χ4v) is 1.96. The molecule has 0 spiro atoms. The number of rotatable bonds is 13. The standard InChI is InChI=1S/C18H30O2/c1-3-4-5-6-7-8-9-10-11-12-13-14-15-16-17-20-18(2)19/h3-7H,1,8-17H2,2H3. The van der Waals surface area contributed by atoms with Gasteiger partial charge in [-0.2, -0.15) is 0 Å². The molecule has 0 aliphatic carbocycles. The van der Waals surface area contributed by atoms with Crippen LogP contribution in [0.4, 0.5) is 0 Å². The van der Waals surface area contributed by atoms with E-state index in [0.717, 1.165) is 6.42 Å². The summed E-state index contributed by atoms with van der Waals surface area (Å²) in [6, 6.07) is 0. The maximum atomic E-state index is 10.5. The van der Waals surface area contributed by atoms with Gasteiger partial charge in [0.25, 0.3) is 0 Å². The van der Waals surface area contributed by atoms with Gasteiger partial charge in [-0.1, -0.05) is 75.5 Å². The number of ether oxygens (including phenoxy) is 1. The molecule has 0 aliphatic rings. The Kier molecular flexibility index (Phi) is 14.7. The summed E-state index contributed by atoms with van der Waals surface area (Å²) in [6.07, 6.45) is 21.2. The third kappa shape index (κ3) is 16.7. The summed E-state index contributed by atoms with van der Waals surface area (Å²) in [6.45, 7) is 5.67. The molecule has 2 nitrogen and oxygen atoms in total. The van der Waals surface area contributed by atoms with Gasteiger partial charge in [0, 0.05) is 6.92 Å². The van der Waals surface area contributed by atoms with Crippen LogP contribution in [0.2, 0.25) is 0 Å². The molecule has 0 N–H and O–H groups in total. The summed E-state index contributed by atoms with van der Waals surface area (Å²) in [5.41, 5.74) is 0. The second kappa shape index (κ2) is 15.7. The van der Waals surface area contributed by atoms with Gasteiger partial charge in [0.15, 0.2) is 0 Å². The molecule has 0 heterocycles. The van der Waals surface area contributed by atoms with Crippen LogP contribution in [0.5, 0.6) is 0 Å². The first-order valence-corrected chi connectivity index (χ1v) is 7.85. The van der Waals surface area contributed by atoms with Crippen molar-refractivity contribution in [2.45, 2.75) is 64.7 Å². The molecule has 0 saturated carbocycles. The Morgan fingerprint density at radius 2 is 1.50 bits per heavy atom. The number of unbranched alkanes of at least 4 members (excludes halogenated alkanes) is 8. The highest BCUT2D eigenvalue weighted by atomic mass is 16.5. The van der Waals surface area contributed by atoms with Crippen LogP contribution in [0.3, 0.4) is 0 Å². The van der Waals surface area contributed by atoms with Gasteiger partial charge in [0.2, 0.25) is 0 Å². The van der Waals surface area contributed by atoms with Crippen LogP contribution in [-0.4, -0.2) is 12.6 Å². The van der Waals surface area contributed by atoms with E-state index in [0.29, 0.717) is 6.61 Å². The van der Waals surface area contributed by atoms with E-state index >= 15 is 0 Å². The Morgan fingerprint density at radius 3 is 2.10 bits per heavy atom. The van der Waals surface area contributed by atoms with E-state index in [1.54, 1.807) is 6.08 Å². The largest absolute Gasteiger partial charge is 0.466 e. The molecule has 0 amide bonds. The van der Waals surface area contributed by atoms with Crippen LogP contribution in [0.15, 0.2) is 37.0 Å². The van der Waals surface area contributed by atoms with Crippen LogP contribution in [0.1, 0.15) is 64.7 Å². The molecule has 0 aromatic rings. The van der Waals surface area contributed by atoms with Gasteiger partial charge in [-0.15, -0.1) is 0 Å². The normalized spacial score (nSPS) is 11.2. The lowest BCUT2D eigenvalue weighted by molar-refractivity contribution is -0.141. The topological polar surface area (TPSA) is 26.3 Å². The zero-order valence-electron chi connectivity index (χ0n) is 13.0. The summed E-state index contributed by atoms with van der Waals surface area (Å²) in [7, 11) is 0. The maximum Gasteiger partial charge on any atom is 0.302 e. The van der Waals surface area contributed by atoms with Gasteiger partial charge in [-0.3, -0.25) is 4.79 Å². The molecule has 0 bridgehead atoms. The van der Waals surface area contributed by atoms with E-state index in [2.05, 4.69) is 18.7 Å². The Bertz CT molecular complexity index is 290. The van der Waals surface area contributed by atoms with Crippen LogP contribution in [-0.2, 0) is 9.53 Å². The zero-order valence-corrected chi connectivity index (χ0v) is 13.0. The number of esters is 1. The summed E-state index contributed by atoms with van der Waals surface area (Å²) < 4.78 is 4.89. The van der Waals surface area contributed by atoms with E-state index in [1.165, 1.54) is 58.3 Å². The first-order valence-electron chi connectivity index (χ1n) is 7.85. The van der Waals surface area contributed by atoms with Gasteiger partial charge < -0.3 is 4.74 Å². The molecular formula is C18H30O2. The van der Waals surface area contributed by atoms with Gasteiger partial charge in [0.05, 0.1) is 6.61 Å². The van der Waals surface area contributed by atoms with Crippen molar-refractivity contribution in [3.8, 4) is 0 Å². The highest BCUT2D eigenvalue weighted by Gasteiger charge is 1.94. The van der Waals surface area contributed by atoms with Crippen molar-refractivity contribution in [3.05, 3.63) is 37.0 Å². The van der Waals surface area contributed by atoms with Crippen molar-refractivity contribution in [1.29, 1.82) is 0 Å².